The Labute approximate surface area is 359 Å². The molecule has 0 aliphatic rings. The van der Waals surface area contributed by atoms with E-state index in [1.54, 1.807) is 54.6 Å². The van der Waals surface area contributed by atoms with E-state index in [-0.39, 0.29) is 93.5 Å². The summed E-state index contributed by atoms with van der Waals surface area (Å²) in [5.74, 6) is 2.03. The monoisotopic (exact) mass is 759 g/mol. The molecule has 0 unspecified atom stereocenters. The quantitative estimate of drug-likeness (QED) is 0.0280. The molecule has 0 fully saturated rings. The minimum Gasteiger partial charge on any atom is -0.870 e. The SMILES string of the molecule is Cc1cc(N=Nc2ccc(O)cc2)c(C(C)C)cc1O.Cc1ccc(C(C)C)cc1O.N#[N+]c1ccc(O)cc1.Nc1ccc(O)cc1.O=N[O-].[Na+].[Na+].[OH-]. The summed E-state index contributed by atoms with van der Waals surface area (Å²) in [7, 11) is 0. The van der Waals surface area contributed by atoms with Crippen molar-refractivity contribution in [2.45, 2.75) is 53.4 Å². The van der Waals surface area contributed by atoms with E-state index in [4.69, 9.17) is 31.5 Å². The molecule has 0 atom stereocenters. The maximum Gasteiger partial charge on any atom is 1.00 e. The van der Waals surface area contributed by atoms with Crippen molar-refractivity contribution in [2.24, 2.45) is 15.6 Å². The number of diazo groups is 1. The number of azo groups is 1. The maximum absolute atomic E-state index is 9.79. The van der Waals surface area contributed by atoms with Gasteiger partial charge in [0.1, 0.15) is 28.7 Å². The van der Waals surface area contributed by atoms with E-state index >= 15 is 0 Å². The molecule has 5 aromatic rings. The van der Waals surface area contributed by atoms with Crippen molar-refractivity contribution in [2.75, 3.05) is 5.73 Å². The summed E-state index contributed by atoms with van der Waals surface area (Å²) < 4.78 is 0. The Hall–Kier alpha value is -4.72. The Balaban J connectivity index is -0.000000656. The Morgan fingerprint density at radius 3 is 1.50 bits per heavy atom. The predicted octanol–water partition coefficient (Wildman–Crippen LogP) is 4.70. The number of nitrogens with zero attached hydrogens (tertiary/aromatic N) is 5. The second-order valence-corrected chi connectivity index (χ2v) is 11.6. The molecule has 0 spiro atoms. The van der Waals surface area contributed by atoms with Crippen molar-refractivity contribution < 1.29 is 90.1 Å². The first-order valence-electron chi connectivity index (χ1n) is 15.6. The Kier molecular flexibility index (Phi) is 28.5. The molecule has 0 saturated heterocycles. The second-order valence-electron chi connectivity index (χ2n) is 11.6. The molecule has 5 aromatic carbocycles. The number of nitrogens with two attached hydrogens (primary N) is 1. The van der Waals surface area contributed by atoms with E-state index in [0.29, 0.717) is 28.7 Å². The first kappa shape index (κ1) is 53.6. The molecule has 5 rings (SSSR count). The molecule has 0 radical (unpaired) electrons. The third kappa shape index (κ3) is 21.1. The van der Waals surface area contributed by atoms with Crippen LogP contribution in [0.2, 0.25) is 0 Å². The fourth-order valence-corrected chi connectivity index (χ4v) is 3.86. The smallest absolute Gasteiger partial charge is 0.870 e. The van der Waals surface area contributed by atoms with Crippen molar-refractivity contribution in [3.8, 4) is 28.7 Å². The summed E-state index contributed by atoms with van der Waals surface area (Å²) >= 11 is 0. The van der Waals surface area contributed by atoms with Gasteiger partial charge in [0, 0.05) is 17.8 Å². The minimum atomic E-state index is 0. The molecular formula is C38H45N6Na2O8+. The second kappa shape index (κ2) is 28.7. The Bertz CT molecular complexity index is 1850. The van der Waals surface area contributed by atoms with Crippen LogP contribution in [-0.2, 0) is 0 Å². The first-order valence-corrected chi connectivity index (χ1v) is 15.6. The average molecular weight is 760 g/mol. The van der Waals surface area contributed by atoms with Gasteiger partial charge in [-0.1, -0.05) is 39.8 Å². The van der Waals surface area contributed by atoms with E-state index in [0.717, 1.165) is 27.7 Å². The number of phenolic OH excluding ortho intramolecular Hbond substituents is 5. The summed E-state index contributed by atoms with van der Waals surface area (Å²) in [4.78, 5) is 10.9. The molecule has 0 aliphatic carbocycles. The molecule has 16 heteroatoms. The van der Waals surface area contributed by atoms with E-state index < -0.39 is 0 Å². The van der Waals surface area contributed by atoms with Crippen molar-refractivity contribution in [3.63, 3.8) is 0 Å². The van der Waals surface area contributed by atoms with Crippen LogP contribution in [0, 0.1) is 29.4 Å². The number of anilines is 1. The average Bonchev–Trinajstić information content (AvgIpc) is 3.10. The van der Waals surface area contributed by atoms with Crippen LogP contribution in [0.1, 0.15) is 61.8 Å². The third-order valence-electron chi connectivity index (χ3n) is 6.85. The van der Waals surface area contributed by atoms with Crippen molar-refractivity contribution >= 4 is 22.7 Å². The van der Waals surface area contributed by atoms with E-state index in [1.807, 2.05) is 45.9 Å². The van der Waals surface area contributed by atoms with Gasteiger partial charge in [-0.3, -0.25) is 0 Å². The van der Waals surface area contributed by atoms with Gasteiger partial charge in [-0.05, 0) is 127 Å². The summed E-state index contributed by atoms with van der Waals surface area (Å²) in [6.07, 6.45) is 0. The van der Waals surface area contributed by atoms with E-state index in [2.05, 4.69) is 35.1 Å². The van der Waals surface area contributed by atoms with Crippen molar-refractivity contribution in [1.29, 1.82) is 5.39 Å². The maximum atomic E-state index is 9.79. The fraction of sp³-hybridized carbons (Fsp3) is 0.211. The number of aryl methyl sites for hydroxylation is 2. The topological polar surface area (TPSA) is 263 Å². The number of hydrogen-bond acceptors (Lipinski definition) is 13. The molecule has 0 aromatic heterocycles. The largest absolute Gasteiger partial charge is 1.00 e. The number of benzene rings is 5. The van der Waals surface area contributed by atoms with Crippen LogP contribution in [0.15, 0.2) is 119 Å². The number of phenols is 5. The number of nitrogen functional groups attached to an aromatic ring is 1. The predicted molar refractivity (Wildman–Crippen MR) is 203 cm³/mol. The zero-order valence-electron chi connectivity index (χ0n) is 31.8. The normalized spacial score (nSPS) is 9.31. The first-order chi connectivity index (χ1) is 24.1. The van der Waals surface area contributed by atoms with Crippen LogP contribution < -0.4 is 64.8 Å². The summed E-state index contributed by atoms with van der Waals surface area (Å²) in [5.41, 5.74) is 11.7. The summed E-state index contributed by atoms with van der Waals surface area (Å²) in [5, 5.41) is 71.4. The van der Waals surface area contributed by atoms with Gasteiger partial charge < -0.3 is 46.9 Å². The number of aromatic hydroxyl groups is 5. The standard InChI is InChI=1S/C16H18N2O2.C10H14O.C6H4N2O.C6H7NO.HNO2.2Na.H2O/c1-10(2)14-9-16(20)11(3)8-15(14)18-17-12-4-6-13(19)7-5-12;1-7(2)9-5-4-8(3)10(11)6-9;7-8-5-1-3-6(9)4-2-5;7-5-1-3-6(8)4-2-5;2-1-3;;;/h4-10,19-20H,1-3H3;4-7,11H,1-3H3;1-4H;1-4,8H,7H2;(H,2,3);;;1H2/q;;;;;2*+1;/p-1. The summed E-state index contributed by atoms with van der Waals surface area (Å²) in [6.45, 7) is 12.1. The summed E-state index contributed by atoms with van der Waals surface area (Å²) in [6, 6.07) is 28.3. The van der Waals surface area contributed by atoms with Crippen LogP contribution >= 0.6 is 0 Å². The van der Waals surface area contributed by atoms with Crippen LogP contribution in [0.5, 0.6) is 28.7 Å². The Morgan fingerprint density at radius 1 is 0.648 bits per heavy atom. The number of hydrogen-bond donors (Lipinski definition) is 6. The van der Waals surface area contributed by atoms with Crippen LogP contribution in [0.25, 0.3) is 4.98 Å². The van der Waals surface area contributed by atoms with Gasteiger partial charge in [-0.15, -0.1) is 5.34 Å². The van der Waals surface area contributed by atoms with E-state index in [9.17, 15) is 15.3 Å². The van der Waals surface area contributed by atoms with Crippen LogP contribution in [0.3, 0.4) is 0 Å². The third-order valence-corrected chi connectivity index (χ3v) is 6.85. The van der Waals surface area contributed by atoms with Gasteiger partial charge in [0.2, 0.25) is 5.39 Å². The molecule has 8 N–H and O–H groups in total. The van der Waals surface area contributed by atoms with Gasteiger partial charge >= 0.3 is 64.8 Å². The van der Waals surface area contributed by atoms with Gasteiger partial charge in [0.05, 0.1) is 11.4 Å². The van der Waals surface area contributed by atoms with Gasteiger partial charge in [0.25, 0.3) is 0 Å². The van der Waals surface area contributed by atoms with E-state index in [1.165, 1.54) is 29.8 Å². The molecule has 0 amide bonds. The van der Waals surface area contributed by atoms with Crippen LogP contribution in [-0.4, -0.2) is 31.0 Å². The molecule has 0 saturated carbocycles. The van der Waals surface area contributed by atoms with Crippen LogP contribution in [0.4, 0.5) is 22.7 Å². The van der Waals surface area contributed by atoms with Gasteiger partial charge in [-0.25, -0.2) is 0 Å². The molecule has 276 valence electrons. The van der Waals surface area contributed by atoms with Crippen molar-refractivity contribution in [3.05, 3.63) is 140 Å². The fourth-order valence-electron chi connectivity index (χ4n) is 3.86. The molecule has 14 nitrogen and oxygen atoms in total. The zero-order valence-corrected chi connectivity index (χ0v) is 35.8. The molecular weight excluding hydrogens is 714 g/mol. The molecule has 0 aliphatic heterocycles. The van der Waals surface area contributed by atoms with Gasteiger partial charge in [-0.2, -0.15) is 10.2 Å². The molecule has 0 heterocycles. The van der Waals surface area contributed by atoms with Gasteiger partial charge in [0.15, 0.2) is 4.98 Å². The van der Waals surface area contributed by atoms with Crippen molar-refractivity contribution in [1.82, 2.24) is 0 Å². The number of rotatable bonds is 4. The molecule has 54 heavy (non-hydrogen) atoms. The molecule has 0 bridgehead atoms. The Morgan fingerprint density at radius 2 is 1.09 bits per heavy atom. The minimum absolute atomic E-state index is 0. The zero-order chi connectivity index (χ0) is 38.5.